The molecule has 0 fully saturated rings. The van der Waals surface area contributed by atoms with Crippen LogP contribution < -0.4 is 4.72 Å². The summed E-state index contributed by atoms with van der Waals surface area (Å²) in [6.45, 7) is 2.53. The fourth-order valence-electron chi connectivity index (χ4n) is 1.22. The molecule has 1 aromatic carbocycles. The number of benzene rings is 1. The topological polar surface area (TPSA) is 46.2 Å². The van der Waals surface area contributed by atoms with E-state index in [1.165, 1.54) is 0 Å². The molecule has 0 spiro atoms. The van der Waals surface area contributed by atoms with Crippen LogP contribution in [0.2, 0.25) is 0 Å². The first-order valence-electron chi connectivity index (χ1n) is 5.24. The van der Waals surface area contributed by atoms with Crippen LogP contribution in [0.4, 0.5) is 0 Å². The predicted octanol–water partition coefficient (Wildman–Crippen LogP) is 2.66. The third-order valence-electron chi connectivity index (χ3n) is 2.21. The second-order valence-corrected chi connectivity index (χ2v) is 5.86. The van der Waals surface area contributed by atoms with Crippen LogP contribution in [0, 0.1) is 0 Å². The van der Waals surface area contributed by atoms with E-state index in [4.69, 9.17) is 0 Å². The summed E-state index contributed by atoms with van der Waals surface area (Å²) in [6.07, 6.45) is 1.84. The van der Waals surface area contributed by atoms with Gasteiger partial charge in [-0.15, -0.1) is 0 Å². The molecule has 1 aromatic rings. The van der Waals surface area contributed by atoms with Crippen molar-refractivity contribution in [1.29, 1.82) is 0 Å². The highest BCUT2D eigenvalue weighted by Gasteiger charge is 2.12. The standard InChI is InChI=1S/C11H16BrNO2S/c1-2-3-8-13-16(14,15)11-6-4-10(9-12)5-7-11/h4-7,13H,2-3,8-9H2,1H3. The van der Waals surface area contributed by atoms with E-state index in [1.54, 1.807) is 12.1 Å². The number of sulfonamides is 1. The lowest BCUT2D eigenvalue weighted by Gasteiger charge is -2.06. The highest BCUT2D eigenvalue weighted by Crippen LogP contribution is 2.12. The molecular weight excluding hydrogens is 290 g/mol. The predicted molar refractivity (Wildman–Crippen MR) is 69.2 cm³/mol. The Morgan fingerprint density at radius 1 is 1.25 bits per heavy atom. The maximum Gasteiger partial charge on any atom is 0.240 e. The van der Waals surface area contributed by atoms with Crippen molar-refractivity contribution in [2.45, 2.75) is 30.0 Å². The van der Waals surface area contributed by atoms with Crippen LogP contribution in [-0.4, -0.2) is 15.0 Å². The number of halogens is 1. The van der Waals surface area contributed by atoms with Crippen molar-refractivity contribution >= 4 is 26.0 Å². The zero-order valence-electron chi connectivity index (χ0n) is 9.24. The normalized spacial score (nSPS) is 11.6. The Balaban J connectivity index is 2.74. The lowest BCUT2D eigenvalue weighted by molar-refractivity contribution is 0.578. The van der Waals surface area contributed by atoms with E-state index in [0.29, 0.717) is 11.4 Å². The van der Waals surface area contributed by atoms with Gasteiger partial charge in [0.1, 0.15) is 0 Å². The van der Waals surface area contributed by atoms with Gasteiger partial charge in [0.05, 0.1) is 4.90 Å². The zero-order valence-corrected chi connectivity index (χ0v) is 11.6. The van der Waals surface area contributed by atoms with Gasteiger partial charge in [0.2, 0.25) is 10.0 Å². The average molecular weight is 306 g/mol. The van der Waals surface area contributed by atoms with Crippen LogP contribution in [0.5, 0.6) is 0 Å². The van der Waals surface area contributed by atoms with Crippen molar-refractivity contribution in [2.24, 2.45) is 0 Å². The molecule has 0 aliphatic heterocycles. The van der Waals surface area contributed by atoms with E-state index < -0.39 is 10.0 Å². The minimum absolute atomic E-state index is 0.327. The van der Waals surface area contributed by atoms with Gasteiger partial charge in [-0.1, -0.05) is 41.4 Å². The molecule has 0 heterocycles. The van der Waals surface area contributed by atoms with Crippen molar-refractivity contribution in [1.82, 2.24) is 4.72 Å². The van der Waals surface area contributed by atoms with Gasteiger partial charge in [0.15, 0.2) is 0 Å². The fourth-order valence-corrected chi connectivity index (χ4v) is 2.67. The van der Waals surface area contributed by atoms with Crippen LogP contribution in [0.1, 0.15) is 25.3 Å². The van der Waals surface area contributed by atoms with Gasteiger partial charge in [0, 0.05) is 11.9 Å². The minimum atomic E-state index is -3.32. The molecule has 1 N–H and O–H groups in total. The van der Waals surface area contributed by atoms with Crippen LogP contribution in [-0.2, 0) is 15.4 Å². The molecular formula is C11H16BrNO2S. The molecule has 0 aromatic heterocycles. The van der Waals surface area contributed by atoms with Crippen molar-refractivity contribution in [3.8, 4) is 0 Å². The first-order valence-corrected chi connectivity index (χ1v) is 7.85. The monoisotopic (exact) mass is 305 g/mol. The van der Waals surface area contributed by atoms with Crippen LogP contribution >= 0.6 is 15.9 Å². The number of alkyl halides is 1. The van der Waals surface area contributed by atoms with Crippen LogP contribution in [0.15, 0.2) is 29.2 Å². The molecule has 90 valence electrons. The Labute approximate surface area is 105 Å². The summed E-state index contributed by atoms with van der Waals surface area (Å²) in [5.74, 6) is 0. The Kier molecular flexibility index (Phi) is 5.44. The quantitative estimate of drug-likeness (QED) is 0.649. The summed E-state index contributed by atoms with van der Waals surface area (Å²) >= 11 is 3.32. The fraction of sp³-hybridized carbons (Fsp3) is 0.455. The molecule has 1 rings (SSSR count). The van der Waals surface area contributed by atoms with Crippen LogP contribution in [0.3, 0.4) is 0 Å². The molecule has 0 bridgehead atoms. The second-order valence-electron chi connectivity index (χ2n) is 3.53. The zero-order chi connectivity index (χ0) is 12.0. The van der Waals surface area contributed by atoms with Gasteiger partial charge in [-0.2, -0.15) is 0 Å². The van der Waals surface area contributed by atoms with E-state index in [2.05, 4.69) is 20.7 Å². The minimum Gasteiger partial charge on any atom is -0.211 e. The summed E-state index contributed by atoms with van der Waals surface area (Å²) in [7, 11) is -3.32. The molecule has 0 aliphatic rings. The van der Waals surface area contributed by atoms with E-state index in [9.17, 15) is 8.42 Å². The summed E-state index contributed by atoms with van der Waals surface area (Å²) in [5.41, 5.74) is 1.06. The summed E-state index contributed by atoms with van der Waals surface area (Å²) < 4.78 is 26.1. The van der Waals surface area contributed by atoms with Crippen molar-refractivity contribution in [3.05, 3.63) is 29.8 Å². The van der Waals surface area contributed by atoms with E-state index >= 15 is 0 Å². The molecule has 0 radical (unpaired) electrons. The molecule has 16 heavy (non-hydrogen) atoms. The van der Waals surface area contributed by atoms with Crippen molar-refractivity contribution in [3.63, 3.8) is 0 Å². The number of hydrogen-bond acceptors (Lipinski definition) is 2. The largest absolute Gasteiger partial charge is 0.240 e. The summed E-state index contributed by atoms with van der Waals surface area (Å²) in [6, 6.07) is 6.88. The van der Waals surface area contributed by atoms with E-state index in [-0.39, 0.29) is 0 Å². The maximum atomic E-state index is 11.8. The molecule has 0 aliphatic carbocycles. The molecule has 0 atom stereocenters. The number of hydrogen-bond donors (Lipinski definition) is 1. The van der Waals surface area contributed by atoms with Gasteiger partial charge in [0.25, 0.3) is 0 Å². The maximum absolute atomic E-state index is 11.8. The average Bonchev–Trinajstić information content (AvgIpc) is 2.29. The van der Waals surface area contributed by atoms with Gasteiger partial charge in [-0.05, 0) is 24.1 Å². The Hall–Kier alpha value is -0.390. The third-order valence-corrected chi connectivity index (χ3v) is 4.33. The Bertz CT molecular complexity index is 414. The van der Waals surface area contributed by atoms with Crippen molar-refractivity contribution in [2.75, 3.05) is 6.54 Å². The first-order chi connectivity index (χ1) is 7.60. The highest BCUT2D eigenvalue weighted by molar-refractivity contribution is 9.08. The number of nitrogens with one attached hydrogen (secondary N) is 1. The Morgan fingerprint density at radius 3 is 2.38 bits per heavy atom. The lowest BCUT2D eigenvalue weighted by atomic mass is 10.2. The second kappa shape index (κ2) is 6.37. The lowest BCUT2D eigenvalue weighted by Crippen LogP contribution is -2.24. The summed E-state index contributed by atoms with van der Waals surface area (Å²) in [5, 5.41) is 0.733. The van der Waals surface area contributed by atoms with Gasteiger partial charge < -0.3 is 0 Å². The van der Waals surface area contributed by atoms with E-state index in [0.717, 1.165) is 23.7 Å². The molecule has 5 heteroatoms. The van der Waals surface area contributed by atoms with Gasteiger partial charge in [-0.3, -0.25) is 0 Å². The molecule has 0 saturated heterocycles. The van der Waals surface area contributed by atoms with E-state index in [1.807, 2.05) is 19.1 Å². The molecule has 0 amide bonds. The van der Waals surface area contributed by atoms with Gasteiger partial charge in [-0.25, -0.2) is 13.1 Å². The van der Waals surface area contributed by atoms with Gasteiger partial charge >= 0.3 is 0 Å². The number of unbranched alkanes of at least 4 members (excludes halogenated alkanes) is 1. The SMILES string of the molecule is CCCCNS(=O)(=O)c1ccc(CBr)cc1. The molecule has 3 nitrogen and oxygen atoms in total. The van der Waals surface area contributed by atoms with Crippen molar-refractivity contribution < 1.29 is 8.42 Å². The van der Waals surface area contributed by atoms with Crippen LogP contribution in [0.25, 0.3) is 0 Å². The molecule has 0 saturated carbocycles. The summed E-state index contributed by atoms with van der Waals surface area (Å²) in [4.78, 5) is 0.327. The smallest absolute Gasteiger partial charge is 0.211 e. The Morgan fingerprint density at radius 2 is 1.88 bits per heavy atom. The molecule has 0 unspecified atom stereocenters. The highest BCUT2D eigenvalue weighted by atomic mass is 79.9. The third kappa shape index (κ3) is 3.88. The number of rotatable bonds is 6. The first kappa shape index (κ1) is 13.7.